The van der Waals surface area contributed by atoms with E-state index in [9.17, 15) is 22.8 Å². The van der Waals surface area contributed by atoms with Gasteiger partial charge in [0.15, 0.2) is 21.5 Å². The van der Waals surface area contributed by atoms with Crippen LogP contribution in [0.3, 0.4) is 0 Å². The zero-order valence-corrected chi connectivity index (χ0v) is 18.5. The quantitative estimate of drug-likeness (QED) is 0.576. The molecule has 1 aromatic rings. The van der Waals surface area contributed by atoms with Crippen LogP contribution < -0.4 is 0 Å². The van der Waals surface area contributed by atoms with Gasteiger partial charge in [0.2, 0.25) is 0 Å². The summed E-state index contributed by atoms with van der Waals surface area (Å²) in [4.78, 5) is 42.1. The molecule has 0 saturated carbocycles. The Morgan fingerprint density at radius 2 is 1.94 bits per heavy atom. The van der Waals surface area contributed by atoms with E-state index in [1.807, 2.05) is 6.92 Å². The third-order valence-electron chi connectivity index (χ3n) is 5.92. The number of fused-ring (bicyclic) bond motifs is 1. The van der Waals surface area contributed by atoms with Gasteiger partial charge in [0.05, 0.1) is 25.1 Å². The monoisotopic (exact) mass is 449 g/mol. The predicted octanol–water partition coefficient (Wildman–Crippen LogP) is 0.264. The lowest BCUT2D eigenvalue weighted by molar-refractivity contribution is -0.474. The Morgan fingerprint density at radius 3 is 2.55 bits per heavy atom. The van der Waals surface area contributed by atoms with Gasteiger partial charge in [-0.3, -0.25) is 9.59 Å². The van der Waals surface area contributed by atoms with E-state index < -0.39 is 27.0 Å². The fourth-order valence-electron chi connectivity index (χ4n) is 4.16. The summed E-state index contributed by atoms with van der Waals surface area (Å²) in [6.45, 7) is 2.57. The van der Waals surface area contributed by atoms with Crippen molar-refractivity contribution < 1.29 is 31.8 Å². The molecule has 1 atom stereocenters. The molecule has 4 heterocycles. The van der Waals surface area contributed by atoms with Crippen molar-refractivity contribution in [2.24, 2.45) is 5.92 Å². The number of hydrogen-bond donors (Lipinski definition) is 0. The highest BCUT2D eigenvalue weighted by atomic mass is 32.2. The molecule has 4 amide bonds. The Labute approximate surface area is 180 Å². The molecule has 11 heteroatoms. The van der Waals surface area contributed by atoms with Gasteiger partial charge >= 0.3 is 6.03 Å². The van der Waals surface area contributed by atoms with Crippen LogP contribution in [0.2, 0.25) is 0 Å². The maximum absolute atomic E-state index is 13.2. The van der Waals surface area contributed by atoms with Crippen LogP contribution in [0.25, 0.3) is 0 Å². The van der Waals surface area contributed by atoms with Crippen LogP contribution in [0, 0.1) is 5.92 Å². The highest BCUT2D eigenvalue weighted by molar-refractivity contribution is 7.91. The van der Waals surface area contributed by atoms with Crippen LogP contribution in [0.5, 0.6) is 0 Å². The first-order chi connectivity index (χ1) is 14.7. The molecule has 0 aromatic carbocycles. The lowest BCUT2D eigenvalue weighted by atomic mass is 10.0. The number of nitrogens with zero attached hydrogens (tertiary/aromatic N) is 4. The molecule has 3 aliphatic heterocycles. The molecule has 1 unspecified atom stereocenters. The number of furan rings is 1. The van der Waals surface area contributed by atoms with Crippen molar-refractivity contribution in [3.05, 3.63) is 35.9 Å². The molecule has 4 rings (SSSR count). The number of rotatable bonds is 6. The van der Waals surface area contributed by atoms with Crippen LogP contribution in [-0.4, -0.2) is 90.4 Å². The maximum Gasteiger partial charge on any atom is 0.417 e. The van der Waals surface area contributed by atoms with Gasteiger partial charge in [0.1, 0.15) is 11.5 Å². The average molecular weight is 450 g/mol. The van der Waals surface area contributed by atoms with E-state index in [0.29, 0.717) is 30.3 Å². The molecular weight excluding hydrogens is 424 g/mol. The minimum atomic E-state index is -3.45. The molecule has 10 nitrogen and oxygen atoms in total. The Bertz CT molecular complexity index is 1100. The van der Waals surface area contributed by atoms with Gasteiger partial charge in [-0.15, -0.1) is 0 Å². The Kier molecular flexibility index (Phi) is 5.24. The van der Waals surface area contributed by atoms with E-state index in [1.165, 1.54) is 23.1 Å². The van der Waals surface area contributed by atoms with Crippen LogP contribution >= 0.6 is 0 Å². The summed E-state index contributed by atoms with van der Waals surface area (Å²) >= 11 is 0. The summed E-state index contributed by atoms with van der Waals surface area (Å²) in [6, 6.07) is 2.79. The van der Waals surface area contributed by atoms with Crippen molar-refractivity contribution in [3.63, 3.8) is 0 Å². The fraction of sp³-hybridized carbons (Fsp3) is 0.500. The first-order valence-corrected chi connectivity index (χ1v) is 11.8. The van der Waals surface area contributed by atoms with Crippen molar-refractivity contribution in [2.75, 3.05) is 33.7 Å². The molecule has 31 heavy (non-hydrogen) atoms. The normalized spacial score (nSPS) is 22.1. The highest BCUT2D eigenvalue weighted by Gasteiger charge is 2.53. The number of hydrogen-bond acceptors (Lipinski definition) is 6. The van der Waals surface area contributed by atoms with Gasteiger partial charge in [0, 0.05) is 20.1 Å². The molecular formula is C20H25N4O6S+. The number of imide groups is 1. The lowest BCUT2D eigenvalue weighted by Gasteiger charge is -2.38. The Morgan fingerprint density at radius 1 is 1.23 bits per heavy atom. The first-order valence-electron chi connectivity index (χ1n) is 10.1. The molecule has 0 bridgehead atoms. The number of likely N-dealkylation sites (tertiary alicyclic amines) is 1. The van der Waals surface area contributed by atoms with Gasteiger partial charge in [-0.2, -0.15) is 4.90 Å². The van der Waals surface area contributed by atoms with Gasteiger partial charge in [0.25, 0.3) is 17.6 Å². The highest BCUT2D eigenvalue weighted by Crippen LogP contribution is 2.29. The SMILES string of the molecule is CCC[N+]1=C2C(C=C1C(=O)N1CC(S(=O)(=O)Cc3ccco3)C1)C(=O)N(C)C(=O)N2C. The number of urea groups is 1. The summed E-state index contributed by atoms with van der Waals surface area (Å²) in [5.74, 6) is -0.793. The zero-order valence-electron chi connectivity index (χ0n) is 17.6. The summed E-state index contributed by atoms with van der Waals surface area (Å²) in [5.41, 5.74) is 0.312. The summed E-state index contributed by atoms with van der Waals surface area (Å²) in [6.07, 6.45) is 3.71. The number of amidine groups is 1. The largest absolute Gasteiger partial charge is 0.468 e. The minimum Gasteiger partial charge on any atom is -0.468 e. The van der Waals surface area contributed by atoms with Gasteiger partial charge in [-0.05, 0) is 24.6 Å². The molecule has 0 spiro atoms. The predicted molar refractivity (Wildman–Crippen MR) is 110 cm³/mol. The summed E-state index contributed by atoms with van der Waals surface area (Å²) in [5, 5.41) is -0.657. The zero-order chi connectivity index (χ0) is 22.5. The van der Waals surface area contributed by atoms with Crippen molar-refractivity contribution in [3.8, 4) is 0 Å². The van der Waals surface area contributed by atoms with Crippen molar-refractivity contribution in [1.29, 1.82) is 0 Å². The standard InChI is InChI=1S/C20H25N4O6S/c1-4-7-24-16(9-15-17(24)21(2)20(27)22(3)18(15)25)19(26)23-10-14(11-23)31(28,29)12-13-6-5-8-30-13/h5-6,8-9,14-15H,4,7,10-12H2,1-3H3/q+1. The Balaban J connectivity index is 1.53. The molecule has 166 valence electrons. The minimum absolute atomic E-state index is 0.0851. The molecule has 3 aliphatic rings. The molecule has 0 N–H and O–H groups in total. The van der Waals surface area contributed by atoms with Crippen molar-refractivity contribution in [1.82, 2.24) is 14.7 Å². The number of carbonyl (C=O) groups is 3. The van der Waals surface area contributed by atoms with E-state index >= 15 is 0 Å². The van der Waals surface area contributed by atoms with Crippen molar-refractivity contribution in [2.45, 2.75) is 24.3 Å². The second kappa shape index (κ2) is 7.63. The van der Waals surface area contributed by atoms with Crippen molar-refractivity contribution >= 4 is 33.5 Å². The van der Waals surface area contributed by atoms with Crippen LogP contribution in [0.1, 0.15) is 19.1 Å². The van der Waals surface area contributed by atoms with E-state index in [-0.39, 0.29) is 30.7 Å². The second-order valence-electron chi connectivity index (χ2n) is 8.00. The Hall–Kier alpha value is -2.95. The molecule has 2 saturated heterocycles. The summed E-state index contributed by atoms with van der Waals surface area (Å²) < 4.78 is 32.0. The number of sulfone groups is 1. The lowest BCUT2D eigenvalue weighted by Crippen LogP contribution is -2.58. The van der Waals surface area contributed by atoms with E-state index in [4.69, 9.17) is 4.42 Å². The molecule has 2 fully saturated rings. The third-order valence-corrected chi connectivity index (χ3v) is 7.92. The first kappa shape index (κ1) is 21.3. The molecule has 0 radical (unpaired) electrons. The molecule has 1 aromatic heterocycles. The number of carbonyl (C=O) groups excluding carboxylic acids is 3. The maximum atomic E-state index is 13.2. The average Bonchev–Trinajstić information content (AvgIpc) is 3.31. The third kappa shape index (κ3) is 3.46. The van der Waals surface area contributed by atoms with E-state index in [1.54, 1.807) is 29.8 Å². The van der Waals surface area contributed by atoms with Crippen LogP contribution in [-0.2, 0) is 25.2 Å². The second-order valence-corrected chi connectivity index (χ2v) is 10.3. The molecule has 0 aliphatic carbocycles. The van der Waals surface area contributed by atoms with Crippen LogP contribution in [0.4, 0.5) is 4.79 Å². The smallest absolute Gasteiger partial charge is 0.417 e. The number of amides is 4. The van der Waals surface area contributed by atoms with E-state index in [2.05, 4.69) is 0 Å². The summed E-state index contributed by atoms with van der Waals surface area (Å²) in [7, 11) is -0.455. The van der Waals surface area contributed by atoms with Gasteiger partial charge < -0.3 is 9.32 Å². The fourth-order valence-corrected chi connectivity index (χ4v) is 5.77. The topological polar surface area (TPSA) is 111 Å². The van der Waals surface area contributed by atoms with Crippen LogP contribution in [0.15, 0.2) is 34.6 Å². The van der Waals surface area contributed by atoms with E-state index in [0.717, 1.165) is 4.90 Å². The van der Waals surface area contributed by atoms with Gasteiger partial charge in [-0.25, -0.2) is 22.7 Å². The van der Waals surface area contributed by atoms with Gasteiger partial charge in [-0.1, -0.05) is 6.92 Å².